The average Bonchev–Trinajstić information content (AvgIpc) is 2.84. The van der Waals surface area contributed by atoms with Crippen LogP contribution in [0.3, 0.4) is 0 Å². The third-order valence-electron chi connectivity index (χ3n) is 4.40. The number of nitrogen functional groups attached to an aromatic ring is 1. The van der Waals surface area contributed by atoms with Gasteiger partial charge in [0, 0.05) is 18.7 Å². The number of anilines is 2. The van der Waals surface area contributed by atoms with Gasteiger partial charge in [0.05, 0.1) is 23.2 Å². The summed E-state index contributed by atoms with van der Waals surface area (Å²) in [4.78, 5) is 0. The Morgan fingerprint density at radius 2 is 2.18 bits per heavy atom. The number of methoxy groups -OCH3 is 1. The molecule has 3 rings (SSSR count). The Kier molecular flexibility index (Phi) is 4.07. The molecule has 0 amide bonds. The molecule has 1 aromatic heterocycles. The molecule has 22 heavy (non-hydrogen) atoms. The first-order chi connectivity index (χ1) is 10.6. The maximum Gasteiger partial charge on any atom is 0.141 e. The molecule has 0 spiro atoms. The zero-order valence-corrected chi connectivity index (χ0v) is 13.3. The van der Waals surface area contributed by atoms with Crippen LogP contribution in [0.5, 0.6) is 0 Å². The first-order valence-electron chi connectivity index (χ1n) is 7.76. The highest BCUT2D eigenvalue weighted by molar-refractivity contribution is 5.77. The van der Waals surface area contributed by atoms with Crippen molar-refractivity contribution in [3.05, 3.63) is 29.7 Å². The number of rotatable bonds is 5. The molecule has 0 saturated heterocycles. The minimum absolute atomic E-state index is 0.379. The Balaban J connectivity index is 1.79. The van der Waals surface area contributed by atoms with Gasteiger partial charge in [-0.3, -0.25) is 0 Å². The van der Waals surface area contributed by atoms with Crippen molar-refractivity contribution in [2.75, 3.05) is 18.2 Å². The molecule has 0 unspecified atom stereocenters. The van der Waals surface area contributed by atoms with Crippen LogP contribution in [0.2, 0.25) is 0 Å². The van der Waals surface area contributed by atoms with E-state index in [9.17, 15) is 0 Å². The Bertz CT molecular complexity index is 660. The quantitative estimate of drug-likeness (QED) is 0.828. The van der Waals surface area contributed by atoms with Crippen molar-refractivity contribution in [2.24, 2.45) is 0 Å². The molecule has 5 nitrogen and oxygen atoms in total. The molecule has 3 N–H and O–H groups in total. The fraction of sp³-hybridized carbons (Fsp3) is 0.471. The summed E-state index contributed by atoms with van der Waals surface area (Å²) in [6.45, 7) is 4.01. The summed E-state index contributed by atoms with van der Waals surface area (Å²) in [7, 11) is 1.76. The van der Waals surface area contributed by atoms with Gasteiger partial charge < -0.3 is 20.3 Å². The number of aryl methyl sites for hydroxylation is 2. The van der Waals surface area contributed by atoms with E-state index in [0.717, 1.165) is 53.2 Å². The molecule has 0 atom stereocenters. The molecular formula is C17H23N3O2. The van der Waals surface area contributed by atoms with Gasteiger partial charge >= 0.3 is 0 Å². The Hall–Kier alpha value is -2.01. The molecule has 1 fully saturated rings. The van der Waals surface area contributed by atoms with Crippen molar-refractivity contribution in [1.82, 2.24) is 5.16 Å². The van der Waals surface area contributed by atoms with Gasteiger partial charge in [-0.25, -0.2) is 0 Å². The molecule has 118 valence electrons. The lowest BCUT2D eigenvalue weighted by atomic mass is 9.89. The minimum atomic E-state index is 0.379. The van der Waals surface area contributed by atoms with E-state index in [1.54, 1.807) is 7.11 Å². The standard InChI is InChI=1S/C17H23N3O2/c1-4-15-17(10(2)22-20-15)11-5-6-16(14(18)7-11)19-12-8-13(9-12)21-3/h5-7,12-13,19H,4,8-9,18H2,1-3H3. The Morgan fingerprint density at radius 3 is 2.82 bits per heavy atom. The number of hydrogen-bond acceptors (Lipinski definition) is 5. The van der Waals surface area contributed by atoms with Crippen LogP contribution in [-0.4, -0.2) is 24.4 Å². The SMILES string of the molecule is CCc1noc(C)c1-c1ccc(NC2CC(OC)C2)c(N)c1. The predicted molar refractivity (Wildman–Crippen MR) is 87.9 cm³/mol. The predicted octanol–water partition coefficient (Wildman–Crippen LogP) is 3.38. The maximum absolute atomic E-state index is 6.22. The van der Waals surface area contributed by atoms with Crippen LogP contribution in [0.15, 0.2) is 22.7 Å². The fourth-order valence-corrected chi connectivity index (χ4v) is 2.97. The van der Waals surface area contributed by atoms with Gasteiger partial charge in [-0.15, -0.1) is 0 Å². The topological polar surface area (TPSA) is 73.3 Å². The zero-order valence-electron chi connectivity index (χ0n) is 13.3. The van der Waals surface area contributed by atoms with Gasteiger partial charge in [-0.05, 0) is 43.9 Å². The van der Waals surface area contributed by atoms with E-state index >= 15 is 0 Å². The highest BCUT2D eigenvalue weighted by atomic mass is 16.5. The molecule has 0 aliphatic heterocycles. The first kappa shape index (κ1) is 14.9. The van der Waals surface area contributed by atoms with E-state index in [4.69, 9.17) is 15.0 Å². The third kappa shape index (κ3) is 2.68. The summed E-state index contributed by atoms with van der Waals surface area (Å²) < 4.78 is 10.6. The second-order valence-electron chi connectivity index (χ2n) is 5.89. The van der Waals surface area contributed by atoms with Crippen molar-refractivity contribution >= 4 is 11.4 Å². The summed E-state index contributed by atoms with van der Waals surface area (Å²) in [6.07, 6.45) is 3.28. The number of benzene rings is 1. The number of nitrogens with two attached hydrogens (primary N) is 1. The molecule has 0 radical (unpaired) electrons. The maximum atomic E-state index is 6.22. The van der Waals surface area contributed by atoms with Gasteiger partial charge in [-0.1, -0.05) is 18.1 Å². The van der Waals surface area contributed by atoms with Gasteiger partial charge in [0.2, 0.25) is 0 Å². The number of nitrogens with one attached hydrogen (secondary N) is 1. The summed E-state index contributed by atoms with van der Waals surface area (Å²) >= 11 is 0. The van der Waals surface area contributed by atoms with Crippen LogP contribution >= 0.6 is 0 Å². The van der Waals surface area contributed by atoms with Crippen LogP contribution in [0.4, 0.5) is 11.4 Å². The summed E-state index contributed by atoms with van der Waals surface area (Å²) in [5.74, 6) is 0.832. The second kappa shape index (κ2) is 6.01. The third-order valence-corrected chi connectivity index (χ3v) is 4.40. The summed E-state index contributed by atoms with van der Waals surface area (Å²) in [5, 5.41) is 7.59. The zero-order chi connectivity index (χ0) is 15.7. The molecule has 1 heterocycles. The molecule has 1 saturated carbocycles. The van der Waals surface area contributed by atoms with E-state index in [2.05, 4.69) is 23.5 Å². The lowest BCUT2D eigenvalue weighted by Crippen LogP contribution is -2.40. The number of ether oxygens (including phenoxy) is 1. The van der Waals surface area contributed by atoms with Crippen molar-refractivity contribution in [1.29, 1.82) is 0 Å². The van der Waals surface area contributed by atoms with Crippen molar-refractivity contribution in [3.63, 3.8) is 0 Å². The molecule has 2 aromatic rings. The van der Waals surface area contributed by atoms with E-state index in [1.807, 2.05) is 19.1 Å². The first-order valence-corrected chi connectivity index (χ1v) is 7.76. The van der Waals surface area contributed by atoms with Gasteiger partial charge in [-0.2, -0.15) is 0 Å². The molecule has 1 aliphatic rings. The van der Waals surface area contributed by atoms with Gasteiger partial charge in [0.1, 0.15) is 5.76 Å². The smallest absolute Gasteiger partial charge is 0.141 e. The normalized spacial score (nSPS) is 20.7. The second-order valence-corrected chi connectivity index (χ2v) is 5.89. The molecule has 5 heteroatoms. The minimum Gasteiger partial charge on any atom is -0.397 e. The van der Waals surface area contributed by atoms with Crippen molar-refractivity contribution in [2.45, 2.75) is 45.3 Å². The molecule has 0 bridgehead atoms. The highest BCUT2D eigenvalue weighted by Crippen LogP contribution is 2.34. The van der Waals surface area contributed by atoms with Crippen LogP contribution in [0, 0.1) is 6.92 Å². The van der Waals surface area contributed by atoms with E-state index < -0.39 is 0 Å². The molecular weight excluding hydrogens is 278 g/mol. The largest absolute Gasteiger partial charge is 0.397 e. The van der Waals surface area contributed by atoms with Crippen LogP contribution in [0.1, 0.15) is 31.2 Å². The molecule has 1 aromatic carbocycles. The monoisotopic (exact) mass is 301 g/mol. The highest BCUT2D eigenvalue weighted by Gasteiger charge is 2.29. The number of hydrogen-bond donors (Lipinski definition) is 2. The average molecular weight is 301 g/mol. The summed E-state index contributed by atoms with van der Waals surface area (Å²) in [6, 6.07) is 6.55. The van der Waals surface area contributed by atoms with Gasteiger partial charge in [0.15, 0.2) is 0 Å². The summed E-state index contributed by atoms with van der Waals surface area (Å²) in [5.41, 5.74) is 11.0. The number of aromatic nitrogens is 1. The van der Waals surface area contributed by atoms with E-state index in [1.165, 1.54) is 0 Å². The molecule has 1 aliphatic carbocycles. The van der Waals surface area contributed by atoms with Crippen molar-refractivity contribution in [3.8, 4) is 11.1 Å². The van der Waals surface area contributed by atoms with E-state index in [-0.39, 0.29) is 0 Å². The van der Waals surface area contributed by atoms with Crippen LogP contribution in [0.25, 0.3) is 11.1 Å². The van der Waals surface area contributed by atoms with Crippen LogP contribution < -0.4 is 11.1 Å². The van der Waals surface area contributed by atoms with Gasteiger partial charge in [0.25, 0.3) is 0 Å². The lowest BCUT2D eigenvalue weighted by Gasteiger charge is -2.35. The fourth-order valence-electron chi connectivity index (χ4n) is 2.97. The van der Waals surface area contributed by atoms with Crippen molar-refractivity contribution < 1.29 is 9.26 Å². The lowest BCUT2D eigenvalue weighted by molar-refractivity contribution is 0.0329. The Labute approximate surface area is 130 Å². The Morgan fingerprint density at radius 1 is 1.41 bits per heavy atom. The van der Waals surface area contributed by atoms with E-state index in [0.29, 0.717) is 12.1 Å². The number of nitrogens with zero attached hydrogens (tertiary/aromatic N) is 1. The van der Waals surface area contributed by atoms with Crippen LogP contribution in [-0.2, 0) is 11.2 Å².